The quantitative estimate of drug-likeness (QED) is 0.569. The molecule has 0 bridgehead atoms. The van der Waals surface area contributed by atoms with E-state index in [1.807, 2.05) is 0 Å². The van der Waals surface area contributed by atoms with E-state index in [1.165, 1.54) is 24.3 Å². The second-order valence-corrected chi connectivity index (χ2v) is 6.13. The van der Waals surface area contributed by atoms with Crippen LogP contribution in [0.5, 0.6) is 17.2 Å². The zero-order valence-electron chi connectivity index (χ0n) is 14.9. The molecular formula is C22H18F2O4. The first-order valence-corrected chi connectivity index (χ1v) is 8.65. The predicted octanol–water partition coefficient (Wildman–Crippen LogP) is 5.35. The van der Waals surface area contributed by atoms with Gasteiger partial charge in [-0.1, -0.05) is 30.3 Å². The third kappa shape index (κ3) is 5.30. The molecule has 0 aliphatic heterocycles. The minimum Gasteiger partial charge on any atom is -0.486 e. The van der Waals surface area contributed by atoms with E-state index in [1.54, 1.807) is 42.5 Å². The van der Waals surface area contributed by atoms with Crippen molar-refractivity contribution < 1.29 is 28.2 Å². The molecule has 4 nitrogen and oxygen atoms in total. The number of hydrogen-bond donors (Lipinski definition) is 1. The SMILES string of the molecule is O=C(O)CCc1ccc(OCc2cccc(Oc3ccccc3F)c2)c(F)c1. The van der Waals surface area contributed by atoms with E-state index in [0.29, 0.717) is 11.3 Å². The second-order valence-electron chi connectivity index (χ2n) is 6.13. The largest absolute Gasteiger partial charge is 0.486 e. The molecule has 0 fully saturated rings. The van der Waals surface area contributed by atoms with Gasteiger partial charge in [-0.05, 0) is 53.9 Å². The summed E-state index contributed by atoms with van der Waals surface area (Å²) < 4.78 is 38.9. The topological polar surface area (TPSA) is 55.8 Å². The molecule has 0 saturated carbocycles. The van der Waals surface area contributed by atoms with Gasteiger partial charge in [-0.15, -0.1) is 0 Å². The Morgan fingerprint density at radius 1 is 0.857 bits per heavy atom. The van der Waals surface area contributed by atoms with Gasteiger partial charge < -0.3 is 14.6 Å². The third-order valence-corrected chi connectivity index (χ3v) is 3.98. The molecule has 3 aromatic rings. The summed E-state index contributed by atoms with van der Waals surface area (Å²) in [6, 6.07) is 17.4. The van der Waals surface area contributed by atoms with Crippen molar-refractivity contribution >= 4 is 5.97 Å². The van der Waals surface area contributed by atoms with E-state index in [0.717, 1.165) is 5.56 Å². The first-order chi connectivity index (χ1) is 13.5. The monoisotopic (exact) mass is 384 g/mol. The van der Waals surface area contributed by atoms with Gasteiger partial charge in [-0.25, -0.2) is 8.78 Å². The predicted molar refractivity (Wildman–Crippen MR) is 99.6 cm³/mol. The molecule has 28 heavy (non-hydrogen) atoms. The van der Waals surface area contributed by atoms with Crippen LogP contribution in [0, 0.1) is 11.6 Å². The summed E-state index contributed by atoms with van der Waals surface area (Å²) in [7, 11) is 0. The fourth-order valence-electron chi connectivity index (χ4n) is 2.58. The number of rotatable bonds is 8. The maximum absolute atomic E-state index is 14.1. The number of aliphatic carboxylic acids is 1. The van der Waals surface area contributed by atoms with Crippen molar-refractivity contribution in [1.82, 2.24) is 0 Å². The molecule has 0 amide bonds. The minimum atomic E-state index is -0.932. The van der Waals surface area contributed by atoms with Gasteiger partial charge >= 0.3 is 5.97 Å². The summed E-state index contributed by atoms with van der Waals surface area (Å²) in [6.45, 7) is 0.0971. The Hall–Kier alpha value is -3.41. The Labute approximate surface area is 161 Å². The highest BCUT2D eigenvalue weighted by molar-refractivity contribution is 5.67. The van der Waals surface area contributed by atoms with Crippen LogP contribution in [-0.2, 0) is 17.8 Å². The molecule has 0 aliphatic carbocycles. The van der Waals surface area contributed by atoms with Gasteiger partial charge in [0.2, 0.25) is 0 Å². The number of carboxylic acids is 1. The molecule has 0 atom stereocenters. The molecule has 6 heteroatoms. The molecule has 3 aromatic carbocycles. The van der Waals surface area contributed by atoms with Crippen LogP contribution < -0.4 is 9.47 Å². The highest BCUT2D eigenvalue weighted by Gasteiger charge is 2.08. The van der Waals surface area contributed by atoms with Crippen LogP contribution >= 0.6 is 0 Å². The lowest BCUT2D eigenvalue weighted by Gasteiger charge is -2.11. The highest BCUT2D eigenvalue weighted by atomic mass is 19.1. The average Bonchev–Trinajstić information content (AvgIpc) is 2.68. The molecule has 144 valence electrons. The number of carboxylic acid groups (broad SMARTS) is 1. The van der Waals surface area contributed by atoms with Crippen LogP contribution in [0.1, 0.15) is 17.5 Å². The standard InChI is InChI=1S/C22H18F2O4/c23-18-6-1-2-7-21(18)28-17-5-3-4-16(12-17)14-27-20-10-8-15(13-19(20)24)9-11-22(25)26/h1-8,10,12-13H,9,11,14H2,(H,25,26). The zero-order chi connectivity index (χ0) is 19.9. The second kappa shape index (κ2) is 8.99. The van der Waals surface area contributed by atoms with E-state index in [2.05, 4.69) is 0 Å². The van der Waals surface area contributed by atoms with Crippen LogP contribution in [0.4, 0.5) is 8.78 Å². The molecule has 0 heterocycles. The van der Waals surface area contributed by atoms with Crippen molar-refractivity contribution in [1.29, 1.82) is 0 Å². The molecule has 1 N–H and O–H groups in total. The Morgan fingerprint density at radius 2 is 1.68 bits per heavy atom. The Bertz CT molecular complexity index is 972. The maximum atomic E-state index is 14.1. The summed E-state index contributed by atoms with van der Waals surface area (Å²) in [5.41, 5.74) is 1.32. The third-order valence-electron chi connectivity index (χ3n) is 3.98. The van der Waals surface area contributed by atoms with Gasteiger partial charge in [0.15, 0.2) is 23.1 Å². The summed E-state index contributed by atoms with van der Waals surface area (Å²) >= 11 is 0. The highest BCUT2D eigenvalue weighted by Crippen LogP contribution is 2.26. The first-order valence-electron chi connectivity index (χ1n) is 8.65. The minimum absolute atomic E-state index is 0.0611. The molecule has 0 aromatic heterocycles. The van der Waals surface area contributed by atoms with Gasteiger partial charge in [-0.2, -0.15) is 0 Å². The van der Waals surface area contributed by atoms with Crippen LogP contribution in [0.25, 0.3) is 0 Å². The van der Waals surface area contributed by atoms with Crippen molar-refractivity contribution in [2.45, 2.75) is 19.4 Å². The molecular weight excluding hydrogens is 366 g/mol. The number of para-hydroxylation sites is 1. The summed E-state index contributed by atoms with van der Waals surface area (Å²) in [5.74, 6) is -1.33. The Morgan fingerprint density at radius 3 is 2.43 bits per heavy atom. The van der Waals surface area contributed by atoms with Gasteiger partial charge in [-0.3, -0.25) is 4.79 Å². The first kappa shape index (κ1) is 19.4. The van der Waals surface area contributed by atoms with Gasteiger partial charge in [0, 0.05) is 6.42 Å². The number of halogens is 2. The fraction of sp³-hybridized carbons (Fsp3) is 0.136. The van der Waals surface area contributed by atoms with E-state index in [9.17, 15) is 13.6 Å². The van der Waals surface area contributed by atoms with Gasteiger partial charge in [0.05, 0.1) is 0 Å². The maximum Gasteiger partial charge on any atom is 0.303 e. The molecule has 0 radical (unpaired) electrons. The smallest absolute Gasteiger partial charge is 0.303 e. The molecule has 0 saturated heterocycles. The van der Waals surface area contributed by atoms with Gasteiger partial charge in [0.1, 0.15) is 12.4 Å². The summed E-state index contributed by atoms with van der Waals surface area (Å²) in [5, 5.41) is 8.69. The number of carbonyl (C=O) groups is 1. The van der Waals surface area contributed by atoms with Crippen molar-refractivity contribution in [3.05, 3.63) is 89.5 Å². The lowest BCUT2D eigenvalue weighted by molar-refractivity contribution is -0.136. The average molecular weight is 384 g/mol. The number of ether oxygens (including phenoxy) is 2. The molecule has 0 spiro atoms. The van der Waals surface area contributed by atoms with Crippen LogP contribution in [-0.4, -0.2) is 11.1 Å². The number of hydrogen-bond acceptors (Lipinski definition) is 3. The Kier molecular flexibility index (Phi) is 6.22. The summed E-state index contributed by atoms with van der Waals surface area (Å²) in [4.78, 5) is 10.6. The lowest BCUT2D eigenvalue weighted by Crippen LogP contribution is -2.00. The van der Waals surface area contributed by atoms with Crippen molar-refractivity contribution in [2.75, 3.05) is 0 Å². The van der Waals surface area contributed by atoms with E-state index >= 15 is 0 Å². The Balaban J connectivity index is 1.63. The number of benzene rings is 3. The molecule has 0 unspecified atom stereocenters. The van der Waals surface area contributed by atoms with Crippen molar-refractivity contribution in [3.8, 4) is 17.2 Å². The number of aryl methyl sites for hydroxylation is 1. The molecule has 0 aliphatic rings. The fourth-order valence-corrected chi connectivity index (χ4v) is 2.58. The van der Waals surface area contributed by atoms with Crippen molar-refractivity contribution in [2.24, 2.45) is 0 Å². The zero-order valence-corrected chi connectivity index (χ0v) is 14.9. The van der Waals surface area contributed by atoms with E-state index in [4.69, 9.17) is 14.6 Å². The van der Waals surface area contributed by atoms with Crippen LogP contribution in [0.3, 0.4) is 0 Å². The van der Waals surface area contributed by atoms with Gasteiger partial charge in [0.25, 0.3) is 0 Å². The normalized spacial score (nSPS) is 10.5. The van der Waals surface area contributed by atoms with E-state index in [-0.39, 0.29) is 30.9 Å². The summed E-state index contributed by atoms with van der Waals surface area (Å²) in [6.07, 6.45) is 0.191. The lowest BCUT2D eigenvalue weighted by atomic mass is 10.1. The van der Waals surface area contributed by atoms with Crippen LogP contribution in [0.2, 0.25) is 0 Å². The van der Waals surface area contributed by atoms with E-state index < -0.39 is 17.6 Å². The van der Waals surface area contributed by atoms with Crippen molar-refractivity contribution in [3.63, 3.8) is 0 Å². The van der Waals surface area contributed by atoms with Crippen LogP contribution in [0.15, 0.2) is 66.7 Å². The molecule has 3 rings (SSSR count).